The lowest BCUT2D eigenvalue weighted by Crippen LogP contribution is -2.12. The van der Waals surface area contributed by atoms with Crippen LogP contribution in [-0.4, -0.2) is 4.55 Å². The van der Waals surface area contributed by atoms with Crippen LogP contribution in [0.5, 0.6) is 0 Å². The first-order valence-corrected chi connectivity index (χ1v) is 46.3. The summed E-state index contributed by atoms with van der Waals surface area (Å²) in [4.78, 5) is 11.0. The Morgan fingerprint density at radius 2 is 0.525 bits per heavy atom. The summed E-state index contributed by atoms with van der Waals surface area (Å²) in [5.41, 5.74) is 61.7. The lowest BCUT2D eigenvalue weighted by Gasteiger charge is -2.31. The van der Waals surface area contributed by atoms with Gasteiger partial charge in [-0.1, -0.05) is 492 Å². The molecule has 19 heteroatoms. The van der Waals surface area contributed by atoms with E-state index in [0.717, 1.165) is 48.6 Å². The Kier molecular flexibility index (Phi) is 34.0. The molecule has 0 saturated heterocycles. The molecule has 0 heterocycles. The van der Waals surface area contributed by atoms with Gasteiger partial charge >= 0.3 is 0 Å². The second kappa shape index (κ2) is 49.3. The summed E-state index contributed by atoms with van der Waals surface area (Å²) in [5.74, 6) is 0. The number of benzene rings is 22. The van der Waals surface area contributed by atoms with Gasteiger partial charge in [0.2, 0.25) is 0 Å². The molecule has 4 N–H and O–H groups in total. The molecule has 139 heavy (non-hydrogen) atoms. The lowest BCUT2D eigenvalue weighted by molar-refractivity contribution is 0.674. The number of azide groups is 4. The highest BCUT2D eigenvalue weighted by Gasteiger charge is 2.24. The van der Waals surface area contributed by atoms with E-state index in [0.29, 0.717) is 0 Å². The maximum atomic E-state index is 7.39. The molecule has 670 valence electrons. The zero-order chi connectivity index (χ0) is 96.1. The first kappa shape index (κ1) is 95.9. The van der Waals surface area contributed by atoms with Gasteiger partial charge in [0, 0.05) is 69.3 Å². The second-order valence-electron chi connectivity index (χ2n) is 31.3. The normalized spacial score (nSPS) is 10.2. The van der Waals surface area contributed by atoms with Crippen molar-refractivity contribution in [1.29, 1.82) is 0 Å². The Balaban J connectivity index is 0.000000136. The minimum absolute atomic E-state index is 0.824. The molecule has 22 rings (SSSR count). The van der Waals surface area contributed by atoms with E-state index in [1.807, 2.05) is 30.3 Å². The first-order valence-electron chi connectivity index (χ1n) is 44.4. The number of hydrogen-bond donors (Lipinski definition) is 3. The van der Waals surface area contributed by atoms with Crippen LogP contribution in [0.2, 0.25) is 0 Å². The van der Waals surface area contributed by atoms with Crippen molar-refractivity contribution in [3.05, 3.63) is 560 Å². The number of fused-ring (bicyclic) bond motifs is 6. The van der Waals surface area contributed by atoms with Crippen molar-refractivity contribution >= 4 is 144 Å². The molecule has 0 aromatic heterocycles. The van der Waals surface area contributed by atoms with Gasteiger partial charge in [0.25, 0.3) is 10.4 Å². The molecule has 0 saturated carbocycles. The van der Waals surface area contributed by atoms with E-state index >= 15 is 0 Å². The van der Waals surface area contributed by atoms with Gasteiger partial charge in [-0.3, -0.25) is 0 Å². The van der Waals surface area contributed by atoms with Crippen molar-refractivity contribution in [2.24, 2.45) is 20.9 Å². The molecule has 0 aliphatic heterocycles. The van der Waals surface area contributed by atoms with E-state index in [4.69, 9.17) is 32.4 Å². The molecule has 0 bridgehead atoms. The van der Waals surface area contributed by atoms with Gasteiger partial charge in [0.1, 0.15) is 0 Å². The largest absolute Gasteiger partial charge is 0.628 e. The number of anilines is 6. The van der Waals surface area contributed by atoms with Crippen molar-refractivity contribution in [1.82, 2.24) is 0 Å². The van der Waals surface area contributed by atoms with Crippen LogP contribution in [0.15, 0.2) is 539 Å². The fourth-order valence-corrected chi connectivity index (χ4v) is 17.7. The standard InChI is InChI=1S/C44H31N.C32H23N.C20H15N.2C12H9Br.2N6.H2OS/c1-3-14-32(15-4-1)33-26-29-37(30-27-33)45(42-25-12-11-22-39(42)35-16-5-2-6-17-35)43-31-28-36-19-8-10-23-40(36)44(43)41-24-13-20-34-18-7-9-21-38(34)41;1-2-11-24(12-3-1)27-17-8-9-20-30(27)33-31-22-21-25-14-5-7-18-28(25)32(31)29-19-10-15-23-13-4-6-16-26(23)29;21-19-13-12-15-7-2-4-10-17(15)20(19)18-11-5-8-14-6-1-3-9-16(14)18;13-12-9-5-4-8-11(12)10-6-2-1-3-7-10;13-12-8-6-11(7-9-12)10-4-2-1-3-5-10;2*1-3-5-6-4-2;1-2/h1-31H;1-22,33H;1-13H,21H2;2*1-9H;;;1-2H/p-1. The summed E-state index contributed by atoms with van der Waals surface area (Å²) >= 11 is 10.0. The SMILES string of the molecule is Brc1ccc(-c2ccccc2)cc1.Brc1ccccc1-c1ccccc1.Nc1ccc2ccccc2c1-c1cccc2ccccc12.O[S-].[N-]=[N+]=NN=[N+]=[N-].[N-]=[N+]=NN=[N+]=[N-].c1ccc(-c2ccc(N(c3ccccc3-c3ccccc3)c3ccc4ccccc4c3-c3cccc4ccccc34)cc2)cc1.c1ccc(-c2ccccc2Nc2ccc3ccccc3c2-c2cccc3ccccc23)cc1. The molecule has 0 fully saturated rings. The molecular formula is C120H88Br2N15OS-. The van der Waals surface area contributed by atoms with Crippen LogP contribution in [-0.2, 0) is 12.9 Å². The van der Waals surface area contributed by atoms with Crippen molar-refractivity contribution in [3.8, 4) is 89.0 Å². The number of para-hydroxylation sites is 2. The minimum atomic E-state index is 0.824. The predicted octanol–water partition coefficient (Wildman–Crippen LogP) is 38.1. The summed E-state index contributed by atoms with van der Waals surface area (Å²) in [6.45, 7) is 0. The lowest BCUT2D eigenvalue weighted by atomic mass is 9.91. The topological polar surface area (TPSA) is 257 Å². The third-order valence-electron chi connectivity index (χ3n) is 23.1. The maximum absolute atomic E-state index is 7.39. The van der Waals surface area contributed by atoms with Crippen LogP contribution < -0.4 is 16.0 Å². The van der Waals surface area contributed by atoms with Gasteiger partial charge in [-0.15, -0.1) is 11.1 Å². The summed E-state index contributed by atoms with van der Waals surface area (Å²) in [6, 6.07) is 180. The van der Waals surface area contributed by atoms with Gasteiger partial charge in [0.05, 0.1) is 21.8 Å². The Morgan fingerprint density at radius 1 is 0.230 bits per heavy atom. The van der Waals surface area contributed by atoms with Gasteiger partial charge in [0.15, 0.2) is 0 Å². The van der Waals surface area contributed by atoms with Crippen molar-refractivity contribution in [2.75, 3.05) is 16.0 Å². The summed E-state index contributed by atoms with van der Waals surface area (Å²) < 4.78 is 8.84. The predicted molar refractivity (Wildman–Crippen MR) is 592 cm³/mol. The first-order chi connectivity index (χ1) is 68.6. The van der Waals surface area contributed by atoms with E-state index in [-0.39, 0.29) is 0 Å². The Morgan fingerprint density at radius 3 is 0.971 bits per heavy atom. The van der Waals surface area contributed by atoms with Crippen LogP contribution in [0, 0.1) is 0 Å². The van der Waals surface area contributed by atoms with Crippen LogP contribution >= 0.6 is 31.9 Å². The Bertz CT molecular complexity index is 8060. The van der Waals surface area contributed by atoms with Gasteiger partial charge in [-0.2, -0.15) is 9.82 Å². The van der Waals surface area contributed by atoms with Crippen molar-refractivity contribution in [2.45, 2.75) is 0 Å². The molecule has 0 atom stereocenters. The minimum Gasteiger partial charge on any atom is -0.628 e. The average molecular weight is 1950 g/mol. The number of nitrogens with zero attached hydrogens (tertiary/aromatic N) is 13. The quantitative estimate of drug-likeness (QED) is 0.0225. The van der Waals surface area contributed by atoms with Crippen molar-refractivity contribution < 1.29 is 4.55 Å². The average Bonchev–Trinajstić information content (AvgIpc) is 0.749. The second-order valence-corrected chi connectivity index (χ2v) is 33.1. The third-order valence-corrected chi connectivity index (χ3v) is 24.3. The molecular weight excluding hydrogens is 1860 g/mol. The Labute approximate surface area is 827 Å². The summed E-state index contributed by atoms with van der Waals surface area (Å²) in [6.07, 6.45) is 0. The van der Waals surface area contributed by atoms with Crippen LogP contribution in [0.1, 0.15) is 0 Å². The van der Waals surface area contributed by atoms with Crippen LogP contribution in [0.3, 0.4) is 0 Å². The summed E-state index contributed by atoms with van der Waals surface area (Å²) in [7, 11) is 0. The molecule has 0 amide bonds. The summed E-state index contributed by atoms with van der Waals surface area (Å²) in [5, 5.41) is 28.5. The van der Waals surface area contributed by atoms with E-state index in [1.165, 1.54) is 148 Å². The maximum Gasteiger partial charge on any atom is 0.280 e. The van der Waals surface area contributed by atoms with E-state index in [2.05, 4.69) is 575 Å². The van der Waals surface area contributed by atoms with Crippen LogP contribution in [0.25, 0.3) is 195 Å². The fraction of sp³-hybridized carbons (Fsp3) is 0. The van der Waals surface area contributed by atoms with Gasteiger partial charge < -0.3 is 33.4 Å². The highest BCUT2D eigenvalue weighted by atomic mass is 79.9. The molecule has 22 aromatic rings. The smallest absolute Gasteiger partial charge is 0.280 e. The number of nitrogen functional groups attached to an aromatic ring is 1. The molecule has 0 unspecified atom stereocenters. The number of nitrogens with two attached hydrogens (primary N) is 1. The number of nitrogens with one attached hydrogen (secondary N) is 1. The number of hydrogen-bond acceptors (Lipinski definition) is 5. The highest BCUT2D eigenvalue weighted by Crippen LogP contribution is 2.50. The van der Waals surface area contributed by atoms with Crippen LogP contribution in [0.4, 0.5) is 34.1 Å². The molecule has 0 spiro atoms. The molecule has 0 aliphatic carbocycles. The molecule has 0 radical (unpaired) electrons. The Hall–Kier alpha value is -17.7. The number of rotatable bonds is 15. The molecule has 0 aliphatic rings. The monoisotopic (exact) mass is 1940 g/mol. The molecule has 16 nitrogen and oxygen atoms in total. The van der Waals surface area contributed by atoms with E-state index in [1.54, 1.807) is 0 Å². The number of halogens is 2. The highest BCUT2D eigenvalue weighted by molar-refractivity contribution is 9.10. The zero-order valence-corrected chi connectivity index (χ0v) is 79.0. The van der Waals surface area contributed by atoms with Gasteiger partial charge in [-0.25, -0.2) is 0 Å². The van der Waals surface area contributed by atoms with E-state index in [9.17, 15) is 0 Å². The molecule has 22 aromatic carbocycles. The van der Waals surface area contributed by atoms with Gasteiger partial charge in [-0.05, 0) is 186 Å². The zero-order valence-electron chi connectivity index (χ0n) is 75.0. The third kappa shape index (κ3) is 24.1. The van der Waals surface area contributed by atoms with Crippen molar-refractivity contribution in [3.63, 3.8) is 0 Å². The fourth-order valence-electron chi connectivity index (χ4n) is 17.0. The van der Waals surface area contributed by atoms with E-state index < -0.39 is 0 Å².